The topological polar surface area (TPSA) is 0 Å². The first-order chi connectivity index (χ1) is 5.79. The van der Waals surface area contributed by atoms with Gasteiger partial charge >= 0.3 is 87.3 Å². The van der Waals surface area contributed by atoms with Gasteiger partial charge in [0.1, 0.15) is 0 Å². The Morgan fingerprint density at radius 2 is 1.83 bits per heavy atom. The first-order valence-electron chi connectivity index (χ1n) is 3.91. The molecule has 0 unspecified atom stereocenters. The molecule has 0 N–H and O–H groups in total. The number of halogens is 2. The van der Waals surface area contributed by atoms with E-state index in [1.54, 1.807) is 0 Å². The van der Waals surface area contributed by atoms with Crippen LogP contribution in [0.2, 0.25) is 0 Å². The van der Waals surface area contributed by atoms with Crippen molar-refractivity contribution in [1.29, 1.82) is 0 Å². The normalized spacial score (nSPS) is 14.7. The molecule has 62 valence electrons. The second-order valence-electron chi connectivity index (χ2n) is 2.90. The van der Waals surface area contributed by atoms with Crippen LogP contribution in [0.5, 0.6) is 0 Å². The molecule has 0 fully saturated rings. The van der Waals surface area contributed by atoms with Crippen molar-refractivity contribution < 1.29 is 18.9 Å². The third kappa shape index (κ3) is 1.60. The molecule has 0 atom stereocenters. The maximum absolute atomic E-state index is 6.04. The first kappa shape index (κ1) is 9.12. The number of hydrogen-bond acceptors (Lipinski definition) is 0. The van der Waals surface area contributed by atoms with Gasteiger partial charge in [-0.15, -0.1) is 0 Å². The zero-order valence-corrected chi connectivity index (χ0v) is 10.4. The van der Waals surface area contributed by atoms with E-state index >= 15 is 0 Å². The summed E-state index contributed by atoms with van der Waals surface area (Å²) >= 11 is -2.12. The van der Waals surface area contributed by atoms with Gasteiger partial charge in [-0.05, 0) is 0 Å². The number of aryl methyl sites for hydroxylation is 1. The fourth-order valence-corrected chi connectivity index (χ4v) is 5.82. The predicted octanol–water partition coefficient (Wildman–Crippen LogP) is 3.08. The monoisotopic (exact) mass is 276 g/mol. The Labute approximate surface area is 86.7 Å². The van der Waals surface area contributed by atoms with Gasteiger partial charge in [0.2, 0.25) is 0 Å². The fraction of sp³-hybridized carbons (Fsp3) is 0.222. The summed E-state index contributed by atoms with van der Waals surface area (Å²) in [4.78, 5) is 0. The molecule has 0 aromatic heterocycles. The maximum atomic E-state index is 6.04. The Bertz CT molecular complexity index is 340. The van der Waals surface area contributed by atoms with Crippen molar-refractivity contribution in [2.75, 3.05) is 0 Å². The molecule has 2 rings (SSSR count). The zero-order chi connectivity index (χ0) is 8.55. The molecule has 1 aliphatic rings. The number of rotatable bonds is 0. The molecule has 0 saturated heterocycles. The van der Waals surface area contributed by atoms with Gasteiger partial charge in [0.05, 0.1) is 0 Å². The molecular weight excluding hydrogens is 270 g/mol. The van der Waals surface area contributed by atoms with Gasteiger partial charge in [0.15, 0.2) is 0 Å². The van der Waals surface area contributed by atoms with E-state index < -0.39 is 18.9 Å². The van der Waals surface area contributed by atoms with Gasteiger partial charge in [0.25, 0.3) is 0 Å². The van der Waals surface area contributed by atoms with E-state index in [1.807, 2.05) is 0 Å². The van der Waals surface area contributed by atoms with Crippen LogP contribution >= 0.6 is 17.0 Å². The Kier molecular flexibility index (Phi) is 2.84. The van der Waals surface area contributed by atoms with Crippen molar-refractivity contribution in [3.63, 3.8) is 0 Å². The average Bonchev–Trinajstić information content (AvgIpc) is 2.47. The molecule has 0 radical (unpaired) electrons. The van der Waals surface area contributed by atoms with E-state index in [2.05, 4.69) is 24.3 Å². The van der Waals surface area contributed by atoms with E-state index in [-0.39, 0.29) is 0 Å². The molecule has 0 heterocycles. The third-order valence-electron chi connectivity index (χ3n) is 2.21. The Balaban J connectivity index is 2.57. The van der Waals surface area contributed by atoms with Crippen LogP contribution in [0.25, 0.3) is 0 Å². The standard InChI is InChI=1S/C9H8.2ClH.Zr/c1-2-5-9-7-3-6-8(9)4-1;;;/h1-2,4-5H,3,6H2;2*1H;/q;;;+2/p-2. The van der Waals surface area contributed by atoms with Gasteiger partial charge in [-0.1, -0.05) is 0 Å². The summed E-state index contributed by atoms with van der Waals surface area (Å²) in [6.45, 7) is 0. The Hall–Kier alpha value is 0.553. The van der Waals surface area contributed by atoms with Crippen LogP contribution < -0.4 is 0 Å². The van der Waals surface area contributed by atoms with Gasteiger partial charge in [-0.25, -0.2) is 0 Å². The van der Waals surface area contributed by atoms with Crippen molar-refractivity contribution >= 4 is 20.2 Å². The van der Waals surface area contributed by atoms with Crippen molar-refractivity contribution in [2.24, 2.45) is 0 Å². The van der Waals surface area contributed by atoms with Crippen LogP contribution in [0.4, 0.5) is 0 Å². The minimum absolute atomic E-state index is 1.10. The van der Waals surface area contributed by atoms with Crippen LogP contribution in [-0.2, 0) is 25.3 Å². The molecule has 0 amide bonds. The summed E-state index contributed by atoms with van der Waals surface area (Å²) in [6.07, 6.45) is 2.23. The Morgan fingerprint density at radius 1 is 1.08 bits per heavy atom. The third-order valence-corrected chi connectivity index (χ3v) is 7.31. The van der Waals surface area contributed by atoms with Crippen LogP contribution in [-0.4, -0.2) is 3.21 Å². The SMILES string of the molecule is [Cl][Zr]([Cl])=[C]1CCc2ccccc21. The van der Waals surface area contributed by atoms with Crippen LogP contribution in [0.3, 0.4) is 0 Å². The second-order valence-corrected chi connectivity index (χ2v) is 11.3. The first-order valence-corrected chi connectivity index (χ1v) is 11.5. The molecule has 12 heavy (non-hydrogen) atoms. The summed E-state index contributed by atoms with van der Waals surface area (Å²) in [5.74, 6) is 0. The average molecular weight is 278 g/mol. The van der Waals surface area contributed by atoms with Gasteiger partial charge in [0, 0.05) is 0 Å². The molecule has 0 spiro atoms. The quantitative estimate of drug-likeness (QED) is 0.684. The summed E-state index contributed by atoms with van der Waals surface area (Å²) in [5, 5.41) is 0. The van der Waals surface area contributed by atoms with E-state index in [1.165, 1.54) is 14.3 Å². The molecule has 0 saturated carbocycles. The minimum atomic E-state index is -2.12. The predicted molar refractivity (Wildman–Crippen MR) is 50.6 cm³/mol. The molecule has 1 aromatic rings. The molecule has 1 aliphatic carbocycles. The summed E-state index contributed by atoms with van der Waals surface area (Å²) in [7, 11) is 12.1. The van der Waals surface area contributed by atoms with E-state index in [0.29, 0.717) is 0 Å². The summed E-state index contributed by atoms with van der Waals surface area (Å²) < 4.78 is 1.37. The molecule has 3 heteroatoms. The summed E-state index contributed by atoms with van der Waals surface area (Å²) in [5.41, 5.74) is 2.77. The van der Waals surface area contributed by atoms with Gasteiger partial charge < -0.3 is 0 Å². The second kappa shape index (κ2) is 3.74. The van der Waals surface area contributed by atoms with Crippen molar-refractivity contribution in [3.05, 3.63) is 35.4 Å². The fourth-order valence-electron chi connectivity index (χ4n) is 1.62. The number of hydrogen-bond donors (Lipinski definition) is 0. The van der Waals surface area contributed by atoms with Crippen molar-refractivity contribution in [3.8, 4) is 0 Å². The van der Waals surface area contributed by atoms with E-state index in [9.17, 15) is 0 Å². The van der Waals surface area contributed by atoms with E-state index in [4.69, 9.17) is 17.0 Å². The number of fused-ring (bicyclic) bond motifs is 1. The van der Waals surface area contributed by atoms with Crippen LogP contribution in [0, 0.1) is 0 Å². The molecule has 0 aliphatic heterocycles. The van der Waals surface area contributed by atoms with Crippen LogP contribution in [0.15, 0.2) is 24.3 Å². The van der Waals surface area contributed by atoms with Gasteiger partial charge in [-0.3, -0.25) is 0 Å². The molecule has 1 aromatic carbocycles. The van der Waals surface area contributed by atoms with Crippen molar-refractivity contribution in [1.82, 2.24) is 0 Å². The van der Waals surface area contributed by atoms with Crippen LogP contribution in [0.1, 0.15) is 17.5 Å². The molecule has 0 nitrogen and oxygen atoms in total. The Morgan fingerprint density at radius 3 is 2.58 bits per heavy atom. The number of benzene rings is 1. The zero-order valence-electron chi connectivity index (χ0n) is 6.48. The summed E-state index contributed by atoms with van der Waals surface area (Å²) in [6, 6.07) is 8.45. The van der Waals surface area contributed by atoms with Crippen molar-refractivity contribution in [2.45, 2.75) is 12.8 Å². The van der Waals surface area contributed by atoms with Gasteiger partial charge in [-0.2, -0.15) is 0 Å². The molecule has 0 bridgehead atoms. The molecular formula is C9H8Cl2Zr. The van der Waals surface area contributed by atoms with E-state index in [0.717, 1.165) is 12.8 Å².